The first-order valence-electron chi connectivity index (χ1n) is 8.41. The molecule has 2 aromatic heterocycles. The molecule has 0 aromatic carbocycles. The highest BCUT2D eigenvalue weighted by molar-refractivity contribution is 5.42. The Morgan fingerprint density at radius 2 is 1.81 bits per heavy atom. The Balaban J connectivity index is 1.63. The van der Waals surface area contributed by atoms with Crippen LogP contribution in [0.4, 0.5) is 19.0 Å². The molecule has 5 nitrogen and oxygen atoms in total. The summed E-state index contributed by atoms with van der Waals surface area (Å²) in [4.78, 5) is 17.8. The minimum atomic E-state index is -4.38. The molecule has 0 spiro atoms. The maximum Gasteiger partial charge on any atom is 0.417 e. The number of alkyl halides is 3. The second-order valence-corrected chi connectivity index (χ2v) is 7.66. The lowest BCUT2D eigenvalue weighted by molar-refractivity contribution is -0.137. The summed E-state index contributed by atoms with van der Waals surface area (Å²) < 4.78 is 39.2. The Morgan fingerprint density at radius 3 is 2.35 bits per heavy atom. The molecule has 0 saturated carbocycles. The van der Waals surface area contributed by atoms with Crippen molar-refractivity contribution in [2.45, 2.75) is 38.9 Å². The SMILES string of the molecule is CC(C)(C)c1ccc(=O)n(CC2CN(c3ccc(C(F)(F)F)cn3)C2)n1. The van der Waals surface area contributed by atoms with Gasteiger partial charge in [-0.15, -0.1) is 0 Å². The quantitative estimate of drug-likeness (QED) is 0.838. The van der Waals surface area contributed by atoms with Crippen molar-refractivity contribution >= 4 is 5.82 Å². The zero-order chi connectivity index (χ0) is 19.1. The number of rotatable bonds is 3. The van der Waals surface area contributed by atoms with E-state index in [0.717, 1.165) is 18.0 Å². The van der Waals surface area contributed by atoms with Crippen molar-refractivity contribution in [1.29, 1.82) is 0 Å². The molecule has 0 radical (unpaired) electrons. The smallest absolute Gasteiger partial charge is 0.356 e. The van der Waals surface area contributed by atoms with Crippen LogP contribution in [0, 0.1) is 5.92 Å². The van der Waals surface area contributed by atoms with Crippen LogP contribution in [0.5, 0.6) is 0 Å². The summed E-state index contributed by atoms with van der Waals surface area (Å²) in [7, 11) is 0. The van der Waals surface area contributed by atoms with Gasteiger partial charge in [0, 0.05) is 36.7 Å². The summed E-state index contributed by atoms with van der Waals surface area (Å²) in [5.41, 5.74) is -0.208. The van der Waals surface area contributed by atoms with Gasteiger partial charge >= 0.3 is 6.18 Å². The molecular weight excluding hydrogens is 345 g/mol. The van der Waals surface area contributed by atoms with E-state index < -0.39 is 11.7 Å². The molecule has 2 aromatic rings. The third-order valence-electron chi connectivity index (χ3n) is 4.42. The minimum Gasteiger partial charge on any atom is -0.356 e. The number of halogens is 3. The lowest BCUT2D eigenvalue weighted by atomic mass is 9.92. The van der Waals surface area contributed by atoms with Gasteiger partial charge in [0.05, 0.1) is 17.8 Å². The second kappa shape index (κ2) is 6.41. The summed E-state index contributed by atoms with van der Waals surface area (Å²) in [5, 5.41) is 4.45. The van der Waals surface area contributed by atoms with Crippen molar-refractivity contribution in [2.75, 3.05) is 18.0 Å². The zero-order valence-corrected chi connectivity index (χ0v) is 14.9. The van der Waals surface area contributed by atoms with Crippen LogP contribution in [0.25, 0.3) is 0 Å². The van der Waals surface area contributed by atoms with E-state index in [-0.39, 0.29) is 16.9 Å². The van der Waals surface area contributed by atoms with E-state index in [1.807, 2.05) is 25.7 Å². The van der Waals surface area contributed by atoms with E-state index in [4.69, 9.17) is 0 Å². The lowest BCUT2D eigenvalue weighted by Crippen LogP contribution is -2.50. The molecule has 8 heteroatoms. The van der Waals surface area contributed by atoms with Crippen LogP contribution in [-0.4, -0.2) is 27.9 Å². The van der Waals surface area contributed by atoms with Crippen LogP contribution in [0.15, 0.2) is 35.3 Å². The van der Waals surface area contributed by atoms with E-state index in [2.05, 4.69) is 10.1 Å². The number of anilines is 1. The number of pyridine rings is 1. The van der Waals surface area contributed by atoms with Crippen LogP contribution < -0.4 is 10.5 Å². The summed E-state index contributed by atoms with van der Waals surface area (Å²) in [6, 6.07) is 5.69. The van der Waals surface area contributed by atoms with Gasteiger partial charge in [-0.2, -0.15) is 18.3 Å². The maximum atomic E-state index is 12.6. The summed E-state index contributed by atoms with van der Waals surface area (Å²) >= 11 is 0. The largest absolute Gasteiger partial charge is 0.417 e. The Hall–Kier alpha value is -2.38. The highest BCUT2D eigenvalue weighted by atomic mass is 19.4. The van der Waals surface area contributed by atoms with Gasteiger partial charge in [0.2, 0.25) is 0 Å². The van der Waals surface area contributed by atoms with Gasteiger partial charge in [-0.25, -0.2) is 9.67 Å². The predicted molar refractivity (Wildman–Crippen MR) is 92.1 cm³/mol. The highest BCUT2D eigenvalue weighted by Crippen LogP contribution is 2.30. The third-order valence-corrected chi connectivity index (χ3v) is 4.42. The monoisotopic (exact) mass is 366 g/mol. The average molecular weight is 366 g/mol. The van der Waals surface area contributed by atoms with Crippen LogP contribution in [0.1, 0.15) is 32.0 Å². The number of aromatic nitrogens is 3. The van der Waals surface area contributed by atoms with Gasteiger partial charge < -0.3 is 4.90 Å². The topological polar surface area (TPSA) is 51.0 Å². The molecule has 140 valence electrons. The molecule has 0 bridgehead atoms. The molecule has 1 fully saturated rings. The molecule has 3 rings (SSSR count). The van der Waals surface area contributed by atoms with Crippen molar-refractivity contribution in [3.8, 4) is 0 Å². The van der Waals surface area contributed by atoms with Gasteiger partial charge in [-0.1, -0.05) is 20.8 Å². The second-order valence-electron chi connectivity index (χ2n) is 7.66. The van der Waals surface area contributed by atoms with E-state index >= 15 is 0 Å². The molecule has 1 aliphatic rings. The van der Waals surface area contributed by atoms with E-state index in [9.17, 15) is 18.0 Å². The first-order chi connectivity index (χ1) is 12.0. The first-order valence-corrected chi connectivity index (χ1v) is 8.41. The fourth-order valence-corrected chi connectivity index (χ4v) is 2.84. The molecule has 3 heterocycles. The highest BCUT2D eigenvalue weighted by Gasteiger charge is 2.32. The molecule has 0 aliphatic carbocycles. The lowest BCUT2D eigenvalue weighted by Gasteiger charge is -2.40. The van der Waals surface area contributed by atoms with Crippen molar-refractivity contribution in [3.63, 3.8) is 0 Å². The number of hydrogen-bond acceptors (Lipinski definition) is 4. The van der Waals surface area contributed by atoms with Gasteiger partial charge in [0.15, 0.2) is 0 Å². The van der Waals surface area contributed by atoms with Gasteiger partial charge in [-0.3, -0.25) is 4.79 Å². The Bertz CT molecular complexity index is 831. The molecule has 1 saturated heterocycles. The van der Waals surface area contributed by atoms with Crippen LogP contribution in [0.3, 0.4) is 0 Å². The maximum absolute atomic E-state index is 12.6. The normalized spacial score (nSPS) is 15.8. The van der Waals surface area contributed by atoms with Crippen LogP contribution in [-0.2, 0) is 18.1 Å². The summed E-state index contributed by atoms with van der Waals surface area (Å²) in [6.45, 7) is 7.85. The fraction of sp³-hybridized carbons (Fsp3) is 0.500. The van der Waals surface area contributed by atoms with Crippen LogP contribution >= 0.6 is 0 Å². The van der Waals surface area contributed by atoms with Crippen molar-refractivity contribution in [1.82, 2.24) is 14.8 Å². The molecular formula is C18H21F3N4O. The molecule has 1 aliphatic heterocycles. The number of hydrogen-bond donors (Lipinski definition) is 0. The Morgan fingerprint density at radius 1 is 1.12 bits per heavy atom. The first kappa shape index (κ1) is 18.4. The molecule has 0 unspecified atom stereocenters. The van der Waals surface area contributed by atoms with Gasteiger partial charge in [-0.05, 0) is 18.2 Å². The Labute approximate surface area is 149 Å². The molecule has 0 N–H and O–H groups in total. The molecule has 26 heavy (non-hydrogen) atoms. The van der Waals surface area contributed by atoms with Crippen LogP contribution in [0.2, 0.25) is 0 Å². The summed E-state index contributed by atoms with van der Waals surface area (Å²) in [6.07, 6.45) is -3.53. The zero-order valence-electron chi connectivity index (χ0n) is 14.9. The fourth-order valence-electron chi connectivity index (χ4n) is 2.84. The average Bonchev–Trinajstić information content (AvgIpc) is 2.50. The van der Waals surface area contributed by atoms with Gasteiger partial charge in [0.1, 0.15) is 5.82 Å². The van der Waals surface area contributed by atoms with Crippen molar-refractivity contribution in [3.05, 3.63) is 52.1 Å². The van der Waals surface area contributed by atoms with E-state index in [1.165, 1.54) is 16.8 Å². The standard InChI is InChI=1S/C18H21F3N4O/c1-17(2,3)14-5-7-16(26)25(23-14)11-12-9-24(10-12)15-6-4-13(8-22-15)18(19,20)21/h4-8,12H,9-11H2,1-3H3. The van der Waals surface area contributed by atoms with E-state index in [0.29, 0.717) is 25.5 Å². The third kappa shape index (κ3) is 3.89. The summed E-state index contributed by atoms with van der Waals surface area (Å²) in [5.74, 6) is 0.720. The molecule has 0 atom stereocenters. The van der Waals surface area contributed by atoms with Crippen molar-refractivity contribution < 1.29 is 13.2 Å². The Kier molecular flexibility index (Phi) is 4.54. The minimum absolute atomic E-state index is 0.148. The van der Waals surface area contributed by atoms with E-state index in [1.54, 1.807) is 6.07 Å². The number of nitrogens with zero attached hydrogens (tertiary/aromatic N) is 4. The predicted octanol–water partition coefficient (Wildman–Crippen LogP) is 3.09. The van der Waals surface area contributed by atoms with Crippen molar-refractivity contribution in [2.24, 2.45) is 5.92 Å². The van der Waals surface area contributed by atoms with Gasteiger partial charge in [0.25, 0.3) is 5.56 Å². The molecule has 0 amide bonds.